The van der Waals surface area contributed by atoms with Crippen LogP contribution in [0.25, 0.3) is 22.7 Å². The molecule has 0 aliphatic carbocycles. The summed E-state index contributed by atoms with van der Waals surface area (Å²) < 4.78 is 6.86. The number of ether oxygens (including phenoxy) is 1. The van der Waals surface area contributed by atoms with Crippen molar-refractivity contribution in [1.82, 2.24) is 14.8 Å². The van der Waals surface area contributed by atoms with Crippen LogP contribution in [0.15, 0.2) is 73.0 Å². The predicted molar refractivity (Wildman–Crippen MR) is 104 cm³/mol. The molecule has 0 aliphatic rings. The lowest BCUT2D eigenvalue weighted by Crippen LogP contribution is -1.96. The zero-order valence-corrected chi connectivity index (χ0v) is 14.8. The van der Waals surface area contributed by atoms with Gasteiger partial charge in [-0.3, -0.25) is 0 Å². The summed E-state index contributed by atoms with van der Waals surface area (Å²) in [6.07, 6.45) is 11.2. The second-order valence-electron chi connectivity index (χ2n) is 5.17. The van der Waals surface area contributed by atoms with Crippen molar-refractivity contribution in [2.45, 2.75) is 13.8 Å². The van der Waals surface area contributed by atoms with E-state index in [0.717, 1.165) is 17.0 Å². The number of methoxy groups -OCH3 is 1. The van der Waals surface area contributed by atoms with E-state index in [1.54, 1.807) is 31.0 Å². The molecule has 2 rings (SSSR count). The molecular formula is C20H22N4O. The fourth-order valence-corrected chi connectivity index (χ4v) is 2.12. The van der Waals surface area contributed by atoms with Gasteiger partial charge in [-0.05, 0) is 25.1 Å². The first kappa shape index (κ1) is 18.1. The fraction of sp³-hybridized carbons (Fsp3) is 0.150. The van der Waals surface area contributed by atoms with E-state index in [-0.39, 0.29) is 0 Å². The van der Waals surface area contributed by atoms with Crippen LogP contribution in [0.5, 0.6) is 0 Å². The zero-order valence-electron chi connectivity index (χ0n) is 14.8. The maximum atomic E-state index is 5.06. The van der Waals surface area contributed by atoms with Crippen LogP contribution in [0.1, 0.15) is 19.5 Å². The van der Waals surface area contributed by atoms with Gasteiger partial charge in [-0.25, -0.2) is 14.7 Å². The molecule has 0 atom stereocenters. The minimum atomic E-state index is 0.539. The molecule has 0 N–H and O–H groups in total. The standard InChI is InChI=1S/C20H22N4O/c1-6-8-10-18(7-2)24-14-17(13-21-24)20-12-9-11-19(23-20)15(3)22-16(4)25-5/h6-14H,1,3H2,2,4-5H3/b10-8-,18-7+,22-16?. The van der Waals surface area contributed by atoms with Crippen molar-refractivity contribution >= 4 is 17.3 Å². The van der Waals surface area contributed by atoms with Crippen LogP contribution in [0.3, 0.4) is 0 Å². The average Bonchev–Trinajstić information content (AvgIpc) is 3.12. The number of pyridine rings is 1. The van der Waals surface area contributed by atoms with Crippen LogP contribution in [-0.4, -0.2) is 27.8 Å². The summed E-state index contributed by atoms with van der Waals surface area (Å²) in [5.74, 6) is 0.539. The smallest absolute Gasteiger partial charge is 0.184 e. The number of rotatable bonds is 6. The summed E-state index contributed by atoms with van der Waals surface area (Å²) >= 11 is 0. The lowest BCUT2D eigenvalue weighted by molar-refractivity contribution is 0.400. The normalized spacial score (nSPS) is 12.4. The second-order valence-corrected chi connectivity index (χ2v) is 5.17. The van der Waals surface area contributed by atoms with Crippen LogP contribution in [0.4, 0.5) is 0 Å². The Kier molecular flexibility index (Phi) is 6.23. The SMILES string of the molecule is C=C/C=C\C(=C/C)n1cc(-c2cccc(C(=C)N=C(C)OC)n2)cn1. The molecule has 128 valence electrons. The molecule has 0 amide bonds. The van der Waals surface area contributed by atoms with Crippen LogP contribution >= 0.6 is 0 Å². The number of aromatic nitrogens is 3. The molecule has 0 aromatic carbocycles. The summed E-state index contributed by atoms with van der Waals surface area (Å²) in [7, 11) is 1.57. The van der Waals surface area contributed by atoms with Crippen LogP contribution < -0.4 is 0 Å². The van der Waals surface area contributed by atoms with Gasteiger partial charge in [-0.2, -0.15) is 5.10 Å². The van der Waals surface area contributed by atoms with Crippen LogP contribution in [0, 0.1) is 0 Å². The fourth-order valence-electron chi connectivity index (χ4n) is 2.12. The van der Waals surface area contributed by atoms with E-state index in [4.69, 9.17) is 4.74 Å². The highest BCUT2D eigenvalue weighted by Crippen LogP contribution is 2.21. The minimum absolute atomic E-state index is 0.539. The van der Waals surface area contributed by atoms with Gasteiger partial charge in [0.25, 0.3) is 0 Å². The Labute approximate surface area is 148 Å². The number of nitrogens with zero attached hydrogens (tertiary/aromatic N) is 4. The molecule has 2 aromatic heterocycles. The molecule has 0 spiro atoms. The number of hydrogen-bond donors (Lipinski definition) is 0. The molecule has 0 saturated carbocycles. The van der Waals surface area contributed by atoms with Gasteiger partial charge in [0.15, 0.2) is 5.90 Å². The molecule has 0 unspecified atom stereocenters. The first-order chi connectivity index (χ1) is 12.1. The summed E-state index contributed by atoms with van der Waals surface area (Å²) in [6, 6.07) is 5.72. The van der Waals surface area contributed by atoms with Crippen LogP contribution in [0.2, 0.25) is 0 Å². The molecule has 25 heavy (non-hydrogen) atoms. The topological polar surface area (TPSA) is 52.3 Å². The van der Waals surface area contributed by atoms with Crippen molar-refractivity contribution in [2.24, 2.45) is 4.99 Å². The third-order valence-corrected chi connectivity index (χ3v) is 3.47. The van der Waals surface area contributed by atoms with Crippen molar-refractivity contribution in [3.63, 3.8) is 0 Å². The van der Waals surface area contributed by atoms with E-state index in [9.17, 15) is 0 Å². The number of hydrogen-bond acceptors (Lipinski definition) is 4. The van der Waals surface area contributed by atoms with Gasteiger partial charge >= 0.3 is 0 Å². The largest absolute Gasteiger partial charge is 0.484 e. The first-order valence-electron chi connectivity index (χ1n) is 7.85. The molecule has 0 saturated heterocycles. The van der Waals surface area contributed by atoms with Crippen molar-refractivity contribution in [3.8, 4) is 11.3 Å². The van der Waals surface area contributed by atoms with Gasteiger partial charge in [0.1, 0.15) is 0 Å². The maximum Gasteiger partial charge on any atom is 0.184 e. The van der Waals surface area contributed by atoms with Crippen molar-refractivity contribution in [3.05, 3.63) is 73.7 Å². The Morgan fingerprint density at radius 1 is 1.36 bits per heavy atom. The van der Waals surface area contributed by atoms with Gasteiger partial charge in [0.05, 0.1) is 36.1 Å². The molecule has 5 nitrogen and oxygen atoms in total. The summed E-state index contributed by atoms with van der Waals surface area (Å²) in [5.41, 5.74) is 3.91. The molecule has 0 fully saturated rings. The highest BCUT2D eigenvalue weighted by atomic mass is 16.5. The molecule has 0 bridgehead atoms. The van der Waals surface area contributed by atoms with E-state index in [1.165, 1.54) is 0 Å². The molecule has 2 aromatic rings. The van der Waals surface area contributed by atoms with Crippen molar-refractivity contribution in [1.29, 1.82) is 0 Å². The Morgan fingerprint density at radius 2 is 2.16 bits per heavy atom. The summed E-state index contributed by atoms with van der Waals surface area (Å²) in [4.78, 5) is 8.89. The number of aliphatic imine (C=N–C) groups is 1. The molecule has 2 heterocycles. The van der Waals surface area contributed by atoms with Crippen molar-refractivity contribution < 1.29 is 4.74 Å². The summed E-state index contributed by atoms with van der Waals surface area (Å²) in [5, 5.41) is 4.41. The average molecular weight is 334 g/mol. The quantitative estimate of drug-likeness (QED) is 0.441. The zero-order chi connectivity index (χ0) is 18.2. The lowest BCUT2D eigenvalue weighted by atomic mass is 10.2. The van der Waals surface area contributed by atoms with E-state index in [2.05, 4.69) is 28.2 Å². The Hall–Kier alpha value is -3.21. The number of allylic oxidation sites excluding steroid dienone is 5. The van der Waals surface area contributed by atoms with Gasteiger partial charge in [0, 0.05) is 18.7 Å². The van der Waals surface area contributed by atoms with Crippen LogP contribution in [-0.2, 0) is 4.74 Å². The Morgan fingerprint density at radius 3 is 2.84 bits per heavy atom. The predicted octanol–water partition coefficient (Wildman–Crippen LogP) is 4.58. The van der Waals surface area contributed by atoms with E-state index in [1.807, 2.05) is 49.5 Å². The van der Waals surface area contributed by atoms with Gasteiger partial charge in [-0.15, -0.1) is 0 Å². The molecule has 0 aliphatic heterocycles. The lowest BCUT2D eigenvalue weighted by Gasteiger charge is -2.04. The molecule has 5 heteroatoms. The van der Waals surface area contributed by atoms with Gasteiger partial charge in [-0.1, -0.05) is 37.5 Å². The highest BCUT2D eigenvalue weighted by Gasteiger charge is 2.07. The highest BCUT2D eigenvalue weighted by molar-refractivity contribution is 5.80. The maximum absolute atomic E-state index is 5.06. The minimum Gasteiger partial charge on any atom is -0.484 e. The molecular weight excluding hydrogens is 312 g/mol. The van der Waals surface area contributed by atoms with E-state index >= 15 is 0 Å². The summed E-state index contributed by atoms with van der Waals surface area (Å²) in [6.45, 7) is 11.4. The Balaban J connectivity index is 2.32. The monoisotopic (exact) mass is 334 g/mol. The Bertz CT molecular complexity index is 856. The van der Waals surface area contributed by atoms with E-state index < -0.39 is 0 Å². The second kappa shape index (κ2) is 8.59. The molecule has 0 radical (unpaired) electrons. The van der Waals surface area contributed by atoms with Gasteiger partial charge in [0.2, 0.25) is 0 Å². The third-order valence-electron chi connectivity index (χ3n) is 3.47. The first-order valence-corrected chi connectivity index (χ1v) is 7.85. The van der Waals surface area contributed by atoms with Crippen molar-refractivity contribution in [2.75, 3.05) is 7.11 Å². The third kappa shape index (κ3) is 4.64. The van der Waals surface area contributed by atoms with E-state index in [0.29, 0.717) is 17.3 Å². The van der Waals surface area contributed by atoms with Gasteiger partial charge < -0.3 is 4.74 Å².